The Balaban J connectivity index is 2.03. The molecule has 0 unspecified atom stereocenters. The van der Waals surface area contributed by atoms with Crippen molar-refractivity contribution in [3.05, 3.63) is 35.4 Å². The van der Waals surface area contributed by atoms with Crippen molar-refractivity contribution in [1.82, 2.24) is 4.90 Å². The van der Waals surface area contributed by atoms with Gasteiger partial charge in [0.05, 0.1) is 6.61 Å². The predicted molar refractivity (Wildman–Crippen MR) is 84.0 cm³/mol. The summed E-state index contributed by atoms with van der Waals surface area (Å²) < 4.78 is 0. The van der Waals surface area contributed by atoms with Gasteiger partial charge in [0.15, 0.2) is 0 Å². The number of rotatable bonds is 6. The van der Waals surface area contributed by atoms with Crippen molar-refractivity contribution in [2.45, 2.75) is 45.1 Å². The van der Waals surface area contributed by atoms with Gasteiger partial charge in [0.25, 0.3) is 5.91 Å². The highest BCUT2D eigenvalue weighted by molar-refractivity contribution is 5.94. The van der Waals surface area contributed by atoms with Gasteiger partial charge < -0.3 is 10.0 Å². The lowest BCUT2D eigenvalue weighted by atomic mass is 10.1. The van der Waals surface area contributed by atoms with Crippen molar-refractivity contribution >= 4 is 5.91 Å². The van der Waals surface area contributed by atoms with Crippen LogP contribution in [0.15, 0.2) is 24.3 Å². The highest BCUT2D eigenvalue weighted by atomic mass is 16.2. The van der Waals surface area contributed by atoms with Crippen molar-refractivity contribution in [2.75, 3.05) is 13.2 Å². The van der Waals surface area contributed by atoms with Crippen molar-refractivity contribution in [1.29, 1.82) is 0 Å². The summed E-state index contributed by atoms with van der Waals surface area (Å²) >= 11 is 0. The second-order valence-electron chi connectivity index (χ2n) is 5.44. The third-order valence-corrected chi connectivity index (χ3v) is 3.60. The molecule has 0 heterocycles. The van der Waals surface area contributed by atoms with E-state index >= 15 is 0 Å². The molecule has 0 atom stereocenters. The Kier molecular flexibility index (Phi) is 5.83. The normalized spacial score (nSPS) is 13.4. The molecule has 1 fully saturated rings. The molecule has 1 N–H and O–H groups in total. The van der Waals surface area contributed by atoms with Crippen LogP contribution in [0, 0.1) is 11.8 Å². The van der Waals surface area contributed by atoms with Crippen LogP contribution < -0.4 is 0 Å². The van der Waals surface area contributed by atoms with Crippen molar-refractivity contribution in [3.8, 4) is 11.8 Å². The Bertz CT molecular complexity index is 520. The fourth-order valence-corrected chi connectivity index (χ4v) is 2.25. The van der Waals surface area contributed by atoms with E-state index < -0.39 is 0 Å². The lowest BCUT2D eigenvalue weighted by Gasteiger charge is -2.22. The van der Waals surface area contributed by atoms with Crippen LogP contribution in [0.25, 0.3) is 0 Å². The third kappa shape index (κ3) is 4.61. The van der Waals surface area contributed by atoms with Gasteiger partial charge in [-0.1, -0.05) is 25.2 Å². The number of carbonyl (C=O) groups excluding carboxylic acids is 1. The fourth-order valence-electron chi connectivity index (χ4n) is 2.25. The first-order valence-corrected chi connectivity index (χ1v) is 7.77. The van der Waals surface area contributed by atoms with E-state index in [1.54, 1.807) is 0 Å². The predicted octanol–water partition coefficient (Wildman–Crippen LogP) is 2.83. The molecule has 0 saturated heterocycles. The van der Waals surface area contributed by atoms with Gasteiger partial charge in [-0.3, -0.25) is 4.79 Å². The van der Waals surface area contributed by atoms with E-state index in [-0.39, 0.29) is 12.5 Å². The van der Waals surface area contributed by atoms with Gasteiger partial charge in [-0.05, 0) is 43.5 Å². The number of aliphatic hydroxyl groups is 1. The van der Waals surface area contributed by atoms with Crippen molar-refractivity contribution in [3.63, 3.8) is 0 Å². The quantitative estimate of drug-likeness (QED) is 0.817. The number of hydrogen-bond donors (Lipinski definition) is 1. The lowest BCUT2D eigenvalue weighted by Crippen LogP contribution is -2.33. The van der Waals surface area contributed by atoms with E-state index in [2.05, 4.69) is 18.8 Å². The van der Waals surface area contributed by atoms with Gasteiger partial charge in [0.2, 0.25) is 0 Å². The van der Waals surface area contributed by atoms with Gasteiger partial charge in [0, 0.05) is 30.1 Å². The number of benzene rings is 1. The topological polar surface area (TPSA) is 40.5 Å². The SMILES string of the molecule is CCCCN(C(=O)c1ccc(C#CCCO)cc1)C1CC1. The van der Waals surface area contributed by atoms with Crippen LogP contribution in [0.4, 0.5) is 0 Å². The maximum absolute atomic E-state index is 12.6. The first-order valence-electron chi connectivity index (χ1n) is 7.77. The largest absolute Gasteiger partial charge is 0.395 e. The molecule has 0 aromatic heterocycles. The maximum Gasteiger partial charge on any atom is 0.254 e. The number of nitrogens with zero attached hydrogens (tertiary/aromatic N) is 1. The van der Waals surface area contributed by atoms with E-state index in [4.69, 9.17) is 5.11 Å². The molecule has 1 saturated carbocycles. The summed E-state index contributed by atoms with van der Waals surface area (Å²) in [5, 5.41) is 8.70. The summed E-state index contributed by atoms with van der Waals surface area (Å²) in [4.78, 5) is 14.6. The Morgan fingerprint density at radius 2 is 2.05 bits per heavy atom. The smallest absolute Gasteiger partial charge is 0.254 e. The van der Waals surface area contributed by atoms with E-state index in [1.165, 1.54) is 0 Å². The first kappa shape index (κ1) is 15.6. The molecule has 2 rings (SSSR count). The number of unbranched alkanes of at least 4 members (excludes halogenated alkanes) is 1. The molecule has 0 radical (unpaired) electrons. The molecular weight excluding hydrogens is 262 g/mol. The molecule has 1 aromatic rings. The third-order valence-electron chi connectivity index (χ3n) is 3.60. The molecule has 21 heavy (non-hydrogen) atoms. The van der Waals surface area contributed by atoms with Gasteiger partial charge in [-0.2, -0.15) is 0 Å². The van der Waals surface area contributed by atoms with Crippen LogP contribution >= 0.6 is 0 Å². The number of hydrogen-bond acceptors (Lipinski definition) is 2. The highest BCUT2D eigenvalue weighted by Gasteiger charge is 2.32. The van der Waals surface area contributed by atoms with Gasteiger partial charge in [-0.25, -0.2) is 0 Å². The molecule has 3 nitrogen and oxygen atoms in total. The summed E-state index contributed by atoms with van der Waals surface area (Å²) in [5.41, 5.74) is 1.62. The minimum Gasteiger partial charge on any atom is -0.395 e. The number of aliphatic hydroxyl groups excluding tert-OH is 1. The van der Waals surface area contributed by atoms with E-state index in [0.717, 1.165) is 43.4 Å². The number of carbonyl (C=O) groups is 1. The number of amides is 1. The monoisotopic (exact) mass is 285 g/mol. The summed E-state index contributed by atoms with van der Waals surface area (Å²) in [5.74, 6) is 6.00. The van der Waals surface area contributed by atoms with E-state index in [1.807, 2.05) is 29.2 Å². The van der Waals surface area contributed by atoms with E-state index in [9.17, 15) is 4.79 Å². The van der Waals surface area contributed by atoms with Crippen LogP contribution in [0.5, 0.6) is 0 Å². The molecule has 1 aliphatic rings. The summed E-state index contributed by atoms with van der Waals surface area (Å²) in [6, 6.07) is 7.91. The summed E-state index contributed by atoms with van der Waals surface area (Å²) in [7, 11) is 0. The van der Waals surface area contributed by atoms with Crippen molar-refractivity contribution in [2.24, 2.45) is 0 Å². The Morgan fingerprint density at radius 3 is 2.62 bits per heavy atom. The van der Waals surface area contributed by atoms with Gasteiger partial charge in [0.1, 0.15) is 0 Å². The second-order valence-corrected chi connectivity index (χ2v) is 5.44. The average Bonchev–Trinajstić information content (AvgIpc) is 3.33. The molecule has 1 aromatic carbocycles. The maximum atomic E-state index is 12.6. The zero-order valence-electron chi connectivity index (χ0n) is 12.6. The Morgan fingerprint density at radius 1 is 1.33 bits per heavy atom. The van der Waals surface area contributed by atoms with Crippen LogP contribution in [0.3, 0.4) is 0 Å². The van der Waals surface area contributed by atoms with Crippen molar-refractivity contribution < 1.29 is 9.90 Å². The second kappa shape index (κ2) is 7.85. The summed E-state index contributed by atoms with van der Waals surface area (Å²) in [6.45, 7) is 3.09. The molecule has 0 aliphatic heterocycles. The molecular formula is C18H23NO2. The first-order chi connectivity index (χ1) is 10.3. The molecule has 1 amide bonds. The fraction of sp³-hybridized carbons (Fsp3) is 0.500. The molecule has 0 bridgehead atoms. The Hall–Kier alpha value is -1.79. The lowest BCUT2D eigenvalue weighted by molar-refractivity contribution is 0.0740. The van der Waals surface area contributed by atoms with E-state index in [0.29, 0.717) is 12.5 Å². The Labute approximate surface area is 127 Å². The zero-order chi connectivity index (χ0) is 15.1. The van der Waals surface area contributed by atoms with Gasteiger partial charge in [-0.15, -0.1) is 0 Å². The zero-order valence-corrected chi connectivity index (χ0v) is 12.6. The highest BCUT2D eigenvalue weighted by Crippen LogP contribution is 2.28. The molecule has 0 spiro atoms. The minimum atomic E-state index is 0.0807. The van der Waals surface area contributed by atoms with Crippen LogP contribution in [-0.4, -0.2) is 35.1 Å². The van der Waals surface area contributed by atoms with Gasteiger partial charge >= 0.3 is 0 Å². The molecule has 3 heteroatoms. The van der Waals surface area contributed by atoms with Crippen LogP contribution in [-0.2, 0) is 0 Å². The minimum absolute atomic E-state index is 0.0807. The summed E-state index contributed by atoms with van der Waals surface area (Å²) in [6.07, 6.45) is 4.93. The molecule has 1 aliphatic carbocycles. The van der Waals surface area contributed by atoms with Crippen LogP contribution in [0.1, 0.15) is 54.9 Å². The van der Waals surface area contributed by atoms with Crippen LogP contribution in [0.2, 0.25) is 0 Å². The average molecular weight is 285 g/mol. The standard InChI is InChI=1S/C18H23NO2/c1-2-3-13-19(17-11-12-17)18(21)16-9-7-15(8-10-16)6-4-5-14-20/h7-10,17,20H,2-3,5,11-14H2,1H3. The molecule has 112 valence electrons.